The minimum atomic E-state index is -1.33. The molecule has 0 saturated heterocycles. The fourth-order valence-electron chi connectivity index (χ4n) is 3.02. The number of carboxylic acid groups (broad SMARTS) is 1. The molecule has 4 amide bonds. The molecule has 12 heteroatoms. The number of primary amides is 1. The van der Waals surface area contributed by atoms with Gasteiger partial charge >= 0.3 is 5.97 Å². The average molecular weight is 465 g/mol. The number of carboxylic acids is 1. The summed E-state index contributed by atoms with van der Waals surface area (Å²) in [7, 11) is 0. The highest BCUT2D eigenvalue weighted by Crippen LogP contribution is 2.07. The molecule has 10 N–H and O–H groups in total. The summed E-state index contributed by atoms with van der Waals surface area (Å²) < 4.78 is 0. The van der Waals surface area contributed by atoms with Crippen LogP contribution in [0, 0.1) is 0 Å². The van der Waals surface area contributed by atoms with Gasteiger partial charge in [0.1, 0.15) is 18.1 Å². The van der Waals surface area contributed by atoms with Gasteiger partial charge in [-0.25, -0.2) is 4.79 Å². The van der Waals surface area contributed by atoms with E-state index in [-0.39, 0.29) is 12.8 Å². The molecule has 3 unspecified atom stereocenters. The van der Waals surface area contributed by atoms with Crippen molar-refractivity contribution in [2.75, 3.05) is 13.1 Å². The zero-order chi connectivity index (χ0) is 24.8. The van der Waals surface area contributed by atoms with Crippen LogP contribution in [0.5, 0.6) is 0 Å². The van der Waals surface area contributed by atoms with Crippen molar-refractivity contribution in [2.24, 2.45) is 17.2 Å². The predicted octanol–water partition coefficient (Wildman–Crippen LogP) is -2.27. The molecule has 1 aromatic rings. The quantitative estimate of drug-likeness (QED) is 0.140. The molecule has 1 aromatic carbocycles. The molecule has 0 saturated carbocycles. The Labute approximate surface area is 191 Å². The average Bonchev–Trinajstić information content (AvgIpc) is 2.77. The van der Waals surface area contributed by atoms with Crippen molar-refractivity contribution in [3.63, 3.8) is 0 Å². The van der Waals surface area contributed by atoms with Gasteiger partial charge in [-0.15, -0.1) is 0 Å². The number of hydrogen-bond donors (Lipinski definition) is 7. The minimum Gasteiger partial charge on any atom is -0.480 e. The Kier molecular flexibility index (Phi) is 12.1. The van der Waals surface area contributed by atoms with Crippen LogP contribution in [0.2, 0.25) is 0 Å². The second-order valence-electron chi connectivity index (χ2n) is 7.43. The van der Waals surface area contributed by atoms with Crippen molar-refractivity contribution < 1.29 is 29.1 Å². The molecule has 1 rings (SSSR count). The fourth-order valence-corrected chi connectivity index (χ4v) is 3.02. The second-order valence-corrected chi connectivity index (χ2v) is 7.43. The number of hydrogen-bond acceptors (Lipinski definition) is 7. The largest absolute Gasteiger partial charge is 0.480 e. The van der Waals surface area contributed by atoms with E-state index in [2.05, 4.69) is 16.0 Å². The monoisotopic (exact) mass is 464 g/mol. The summed E-state index contributed by atoms with van der Waals surface area (Å²) in [5, 5.41) is 16.7. The van der Waals surface area contributed by atoms with Crippen LogP contribution in [0.3, 0.4) is 0 Å². The Morgan fingerprint density at radius 3 is 2.00 bits per heavy atom. The van der Waals surface area contributed by atoms with E-state index >= 15 is 0 Å². The molecule has 182 valence electrons. The van der Waals surface area contributed by atoms with Gasteiger partial charge in [0.2, 0.25) is 23.6 Å². The van der Waals surface area contributed by atoms with Crippen LogP contribution in [-0.2, 0) is 30.4 Å². The first-order valence-corrected chi connectivity index (χ1v) is 10.5. The van der Waals surface area contributed by atoms with Crippen molar-refractivity contribution in [1.82, 2.24) is 16.0 Å². The zero-order valence-electron chi connectivity index (χ0n) is 18.3. The van der Waals surface area contributed by atoms with Gasteiger partial charge in [0.15, 0.2) is 0 Å². The highest BCUT2D eigenvalue weighted by Gasteiger charge is 2.30. The number of nitrogens with one attached hydrogen (secondary N) is 3. The van der Waals surface area contributed by atoms with E-state index in [4.69, 9.17) is 17.2 Å². The van der Waals surface area contributed by atoms with Crippen molar-refractivity contribution in [3.8, 4) is 0 Å². The summed E-state index contributed by atoms with van der Waals surface area (Å²) in [5.74, 6) is -4.30. The van der Waals surface area contributed by atoms with Gasteiger partial charge in [-0.1, -0.05) is 30.3 Å². The van der Waals surface area contributed by atoms with Gasteiger partial charge in [0.25, 0.3) is 0 Å². The Bertz CT molecular complexity index is 819. The summed E-state index contributed by atoms with van der Waals surface area (Å²) in [6.07, 6.45) is 0.755. The molecule has 12 nitrogen and oxygen atoms in total. The number of unbranched alkanes of at least 4 members (excludes halogenated alkanes) is 1. The van der Waals surface area contributed by atoms with Gasteiger partial charge in [0.05, 0.1) is 13.0 Å². The maximum Gasteiger partial charge on any atom is 0.326 e. The summed E-state index contributed by atoms with van der Waals surface area (Å²) >= 11 is 0. The molecular formula is C21H32N6O6. The second kappa shape index (κ2) is 14.5. The summed E-state index contributed by atoms with van der Waals surface area (Å²) in [5.41, 5.74) is 16.6. The standard InChI is InChI=1S/C21H32N6O6/c22-9-5-4-8-14(26-20(31)15(11-17(24)28)25-18(29)12-23)19(30)27-16(21(32)33)10-13-6-2-1-3-7-13/h1-3,6-7,14-16H,4-5,8-12,22-23H2,(H2,24,28)(H,25,29)(H,26,31)(H,27,30)(H,32,33). The normalized spacial score (nSPS) is 13.3. The van der Waals surface area contributed by atoms with E-state index in [9.17, 15) is 29.1 Å². The Morgan fingerprint density at radius 2 is 1.45 bits per heavy atom. The molecule has 0 spiro atoms. The van der Waals surface area contributed by atoms with E-state index in [0.29, 0.717) is 24.9 Å². The molecule has 0 aromatic heterocycles. The predicted molar refractivity (Wildman–Crippen MR) is 119 cm³/mol. The van der Waals surface area contributed by atoms with E-state index < -0.39 is 60.7 Å². The lowest BCUT2D eigenvalue weighted by molar-refractivity contribution is -0.142. The highest BCUT2D eigenvalue weighted by atomic mass is 16.4. The molecule has 0 bridgehead atoms. The van der Waals surface area contributed by atoms with Gasteiger partial charge in [0, 0.05) is 6.42 Å². The summed E-state index contributed by atoms with van der Waals surface area (Å²) in [6, 6.07) is 5.07. The molecule has 0 heterocycles. The summed E-state index contributed by atoms with van der Waals surface area (Å²) in [6.45, 7) is -0.0480. The topological polar surface area (TPSA) is 220 Å². The van der Waals surface area contributed by atoms with Crippen LogP contribution in [0.1, 0.15) is 31.2 Å². The molecule has 0 radical (unpaired) electrons. The van der Waals surface area contributed by atoms with Crippen LogP contribution in [0.4, 0.5) is 0 Å². The lowest BCUT2D eigenvalue weighted by atomic mass is 10.0. The zero-order valence-corrected chi connectivity index (χ0v) is 18.3. The third kappa shape index (κ3) is 10.6. The van der Waals surface area contributed by atoms with Crippen molar-refractivity contribution in [3.05, 3.63) is 35.9 Å². The molecule has 0 fully saturated rings. The first-order valence-electron chi connectivity index (χ1n) is 10.5. The first kappa shape index (κ1) is 27.5. The number of aliphatic carboxylic acids is 1. The van der Waals surface area contributed by atoms with E-state index in [1.165, 1.54) is 0 Å². The van der Waals surface area contributed by atoms with Gasteiger partial charge in [-0.3, -0.25) is 19.2 Å². The number of rotatable bonds is 15. The summed E-state index contributed by atoms with van der Waals surface area (Å²) in [4.78, 5) is 60.2. The Morgan fingerprint density at radius 1 is 0.848 bits per heavy atom. The first-order chi connectivity index (χ1) is 15.7. The van der Waals surface area contributed by atoms with Crippen LogP contribution in [0.15, 0.2) is 30.3 Å². The third-order valence-electron chi connectivity index (χ3n) is 4.72. The molecule has 0 aliphatic carbocycles. The molecule has 0 aliphatic rings. The van der Waals surface area contributed by atoms with Crippen molar-refractivity contribution >= 4 is 29.6 Å². The van der Waals surface area contributed by atoms with E-state index in [1.807, 2.05) is 0 Å². The van der Waals surface area contributed by atoms with Gasteiger partial charge in [-0.05, 0) is 31.4 Å². The number of nitrogens with two attached hydrogens (primary N) is 3. The van der Waals surface area contributed by atoms with Crippen molar-refractivity contribution in [2.45, 2.75) is 50.2 Å². The molecule has 3 atom stereocenters. The number of benzene rings is 1. The fraction of sp³-hybridized carbons (Fsp3) is 0.476. The number of amides is 4. The minimum absolute atomic E-state index is 0.0439. The number of carbonyl (C=O) groups is 5. The maximum atomic E-state index is 12.9. The smallest absolute Gasteiger partial charge is 0.326 e. The van der Waals surface area contributed by atoms with E-state index in [1.54, 1.807) is 30.3 Å². The molecule has 33 heavy (non-hydrogen) atoms. The van der Waals surface area contributed by atoms with Gasteiger partial charge < -0.3 is 38.3 Å². The molecular weight excluding hydrogens is 432 g/mol. The van der Waals surface area contributed by atoms with Crippen LogP contribution in [0.25, 0.3) is 0 Å². The van der Waals surface area contributed by atoms with E-state index in [0.717, 1.165) is 0 Å². The maximum absolute atomic E-state index is 12.9. The Hall–Kier alpha value is -3.51. The van der Waals surface area contributed by atoms with Crippen LogP contribution < -0.4 is 33.2 Å². The lowest BCUT2D eigenvalue weighted by Crippen LogP contribution is -2.57. The molecule has 0 aliphatic heterocycles. The van der Waals surface area contributed by atoms with Crippen molar-refractivity contribution in [1.29, 1.82) is 0 Å². The van der Waals surface area contributed by atoms with Gasteiger partial charge in [-0.2, -0.15) is 0 Å². The van der Waals surface area contributed by atoms with Crippen LogP contribution >= 0.6 is 0 Å². The SMILES string of the molecule is NCCCCC(NC(=O)C(CC(N)=O)NC(=O)CN)C(=O)NC(Cc1ccccc1)C(=O)O. The lowest BCUT2D eigenvalue weighted by Gasteiger charge is -2.24. The van der Waals surface area contributed by atoms with Crippen LogP contribution in [-0.4, -0.2) is 65.9 Å². The third-order valence-corrected chi connectivity index (χ3v) is 4.72. The Balaban J connectivity index is 2.96. The highest BCUT2D eigenvalue weighted by molar-refractivity contribution is 5.95. The number of carbonyl (C=O) groups excluding carboxylic acids is 4.